The molecule has 1 aromatic carbocycles. The summed E-state index contributed by atoms with van der Waals surface area (Å²) in [4.78, 5) is 3.73. The molecular formula is C11H10N6. The van der Waals surface area contributed by atoms with Crippen molar-refractivity contribution >= 4 is 17.7 Å². The van der Waals surface area contributed by atoms with Gasteiger partial charge in [-0.15, -0.1) is 0 Å². The lowest BCUT2D eigenvalue weighted by atomic mass is 10.3. The van der Waals surface area contributed by atoms with Crippen LogP contribution >= 0.6 is 0 Å². The van der Waals surface area contributed by atoms with Crippen LogP contribution in [0.15, 0.2) is 40.7 Å². The first-order valence-electron chi connectivity index (χ1n) is 4.62. The zero-order chi connectivity index (χ0) is 12.7. The molecule has 1 rings (SSSR count). The fourth-order valence-electron chi connectivity index (χ4n) is 1.01. The molecule has 0 radical (unpaired) electrons. The van der Waals surface area contributed by atoms with Crippen molar-refractivity contribution in [1.29, 1.82) is 10.5 Å². The molecule has 6 heteroatoms. The molecule has 6 nitrogen and oxygen atoms in total. The smallest absolute Gasteiger partial charge is 0.175 e. The van der Waals surface area contributed by atoms with Crippen LogP contribution in [-0.4, -0.2) is 6.34 Å². The minimum absolute atomic E-state index is 0.144. The van der Waals surface area contributed by atoms with Crippen molar-refractivity contribution < 1.29 is 0 Å². The Labute approximate surface area is 98.5 Å². The van der Waals surface area contributed by atoms with E-state index in [1.807, 2.05) is 0 Å². The van der Waals surface area contributed by atoms with Crippen molar-refractivity contribution in [3.63, 3.8) is 0 Å². The summed E-state index contributed by atoms with van der Waals surface area (Å²) in [5, 5.41) is 20.0. The third kappa shape index (κ3) is 3.26. The zero-order valence-electron chi connectivity index (χ0n) is 8.88. The normalized spacial score (nSPS) is 11.4. The zero-order valence-corrected chi connectivity index (χ0v) is 8.88. The number of nitrogens with one attached hydrogen (secondary N) is 1. The van der Waals surface area contributed by atoms with Crippen LogP contribution in [0.25, 0.3) is 0 Å². The molecule has 0 aliphatic rings. The highest BCUT2D eigenvalue weighted by atomic mass is 15.0. The summed E-state index contributed by atoms with van der Waals surface area (Å²) in [6, 6.07) is 10.4. The van der Waals surface area contributed by atoms with Crippen LogP contribution in [0.4, 0.5) is 11.4 Å². The Morgan fingerprint density at radius 3 is 2.59 bits per heavy atom. The molecule has 0 bridgehead atoms. The third-order valence-electron chi connectivity index (χ3n) is 1.86. The van der Waals surface area contributed by atoms with Crippen molar-refractivity contribution in [2.75, 3.05) is 11.1 Å². The van der Waals surface area contributed by atoms with Crippen molar-refractivity contribution in [2.24, 2.45) is 10.7 Å². The topological polar surface area (TPSA) is 124 Å². The number of nitrogen functional groups attached to an aromatic ring is 1. The monoisotopic (exact) mass is 226 g/mol. The Bertz CT molecular complexity index is 544. The van der Waals surface area contributed by atoms with E-state index in [9.17, 15) is 0 Å². The number of para-hydroxylation sites is 2. The first-order chi connectivity index (χ1) is 8.19. The summed E-state index contributed by atoms with van der Waals surface area (Å²) in [6.07, 6.45) is 1.26. The Kier molecular flexibility index (Phi) is 4.11. The maximum absolute atomic E-state index is 8.67. The summed E-state index contributed by atoms with van der Waals surface area (Å²) in [5.41, 5.74) is 11.8. The van der Waals surface area contributed by atoms with E-state index in [0.717, 1.165) is 0 Å². The standard InChI is InChI=1S/C11H10N6/c12-5-9(15)11(6-13)17-7-16-10-4-2-1-3-8(10)14/h1-4,7H,14-15H2,(H,16,17)/b11-9+. The lowest BCUT2D eigenvalue weighted by Gasteiger charge is -2.02. The van der Waals surface area contributed by atoms with Gasteiger partial charge in [0.2, 0.25) is 0 Å². The Hall–Kier alpha value is -2.99. The molecule has 0 fully saturated rings. The summed E-state index contributed by atoms with van der Waals surface area (Å²) < 4.78 is 0. The van der Waals surface area contributed by atoms with Gasteiger partial charge in [-0.1, -0.05) is 12.1 Å². The molecule has 84 valence electrons. The highest BCUT2D eigenvalue weighted by molar-refractivity contribution is 5.82. The average Bonchev–Trinajstić information content (AvgIpc) is 2.36. The number of anilines is 2. The van der Waals surface area contributed by atoms with Crippen molar-refractivity contribution in [1.82, 2.24) is 0 Å². The molecular weight excluding hydrogens is 216 g/mol. The van der Waals surface area contributed by atoms with Crippen LogP contribution < -0.4 is 16.8 Å². The van der Waals surface area contributed by atoms with Crippen LogP contribution in [0.2, 0.25) is 0 Å². The Balaban J connectivity index is 2.80. The van der Waals surface area contributed by atoms with Crippen molar-refractivity contribution in [3.8, 4) is 12.1 Å². The number of nitrogens with two attached hydrogens (primary N) is 2. The molecule has 0 unspecified atom stereocenters. The lowest BCUT2D eigenvalue weighted by molar-refractivity contribution is 1.27. The Morgan fingerprint density at radius 2 is 2.00 bits per heavy atom. The van der Waals surface area contributed by atoms with Gasteiger partial charge in [0, 0.05) is 0 Å². The van der Waals surface area contributed by atoms with Crippen LogP contribution in [0, 0.1) is 22.7 Å². The van der Waals surface area contributed by atoms with E-state index < -0.39 is 0 Å². The molecule has 0 amide bonds. The number of allylic oxidation sites excluding steroid dienone is 2. The highest BCUT2D eigenvalue weighted by Gasteiger charge is 1.98. The van der Waals surface area contributed by atoms with Gasteiger partial charge in [0.1, 0.15) is 17.8 Å². The van der Waals surface area contributed by atoms with E-state index in [1.165, 1.54) is 6.34 Å². The summed E-state index contributed by atoms with van der Waals surface area (Å²) in [7, 11) is 0. The molecule has 0 heterocycles. The molecule has 0 saturated heterocycles. The van der Waals surface area contributed by atoms with Crippen LogP contribution in [0.5, 0.6) is 0 Å². The Morgan fingerprint density at radius 1 is 1.29 bits per heavy atom. The first-order valence-corrected chi connectivity index (χ1v) is 4.62. The summed E-state index contributed by atoms with van der Waals surface area (Å²) in [5.74, 6) is 0. The van der Waals surface area contributed by atoms with E-state index in [0.29, 0.717) is 11.4 Å². The maximum Gasteiger partial charge on any atom is 0.175 e. The predicted octanol–water partition coefficient (Wildman–Crippen LogP) is 0.926. The number of rotatable bonds is 3. The number of nitrogens with zero attached hydrogens (tertiary/aromatic N) is 3. The van der Waals surface area contributed by atoms with Crippen molar-refractivity contribution in [2.45, 2.75) is 0 Å². The molecule has 1 aromatic rings. The number of aliphatic imine (C=N–C) groups is 1. The molecule has 0 aliphatic carbocycles. The molecule has 0 saturated carbocycles. The fourth-order valence-corrected chi connectivity index (χ4v) is 1.01. The number of nitriles is 2. The van der Waals surface area contributed by atoms with Gasteiger partial charge in [-0.05, 0) is 12.1 Å². The van der Waals surface area contributed by atoms with Gasteiger partial charge in [0.05, 0.1) is 17.7 Å². The minimum Gasteiger partial charge on any atom is -0.397 e. The predicted molar refractivity (Wildman–Crippen MR) is 65.4 cm³/mol. The summed E-state index contributed by atoms with van der Waals surface area (Å²) >= 11 is 0. The molecule has 0 aliphatic heterocycles. The van der Waals surface area contributed by atoms with Gasteiger partial charge in [0.25, 0.3) is 0 Å². The molecule has 0 aromatic heterocycles. The van der Waals surface area contributed by atoms with Gasteiger partial charge in [-0.3, -0.25) is 0 Å². The minimum atomic E-state index is -0.230. The van der Waals surface area contributed by atoms with Crippen LogP contribution in [0.3, 0.4) is 0 Å². The quantitative estimate of drug-likeness (QED) is 0.306. The average molecular weight is 226 g/mol. The van der Waals surface area contributed by atoms with Gasteiger partial charge < -0.3 is 16.8 Å². The maximum atomic E-state index is 8.67. The van der Waals surface area contributed by atoms with E-state index in [1.54, 1.807) is 36.4 Å². The fraction of sp³-hybridized carbons (Fsp3) is 0. The second-order valence-corrected chi connectivity index (χ2v) is 2.98. The van der Waals surface area contributed by atoms with Crippen LogP contribution in [-0.2, 0) is 0 Å². The molecule has 0 atom stereocenters. The largest absolute Gasteiger partial charge is 0.397 e. The third-order valence-corrected chi connectivity index (χ3v) is 1.86. The number of hydrogen-bond donors (Lipinski definition) is 3. The van der Waals surface area contributed by atoms with Gasteiger partial charge in [0.15, 0.2) is 5.70 Å². The van der Waals surface area contributed by atoms with Gasteiger partial charge in [-0.2, -0.15) is 10.5 Å². The SMILES string of the molecule is N#C/C(N)=C(/C#N)N=CNc1ccccc1N. The molecule has 17 heavy (non-hydrogen) atoms. The van der Waals surface area contributed by atoms with E-state index in [4.69, 9.17) is 22.0 Å². The van der Waals surface area contributed by atoms with Gasteiger partial charge in [-0.25, -0.2) is 4.99 Å². The number of hydrogen-bond acceptors (Lipinski definition) is 5. The second-order valence-electron chi connectivity index (χ2n) is 2.98. The molecule has 5 N–H and O–H groups in total. The lowest BCUT2D eigenvalue weighted by Crippen LogP contribution is -2.01. The molecule has 0 spiro atoms. The second kappa shape index (κ2) is 5.79. The summed E-state index contributed by atoms with van der Waals surface area (Å²) in [6.45, 7) is 0. The van der Waals surface area contributed by atoms with E-state index >= 15 is 0 Å². The van der Waals surface area contributed by atoms with Crippen LogP contribution in [0.1, 0.15) is 0 Å². The van der Waals surface area contributed by atoms with E-state index in [2.05, 4.69) is 10.3 Å². The first kappa shape index (κ1) is 12.1. The van der Waals surface area contributed by atoms with Crippen molar-refractivity contribution in [3.05, 3.63) is 35.7 Å². The van der Waals surface area contributed by atoms with E-state index in [-0.39, 0.29) is 11.4 Å². The highest BCUT2D eigenvalue weighted by Crippen LogP contribution is 2.15. The van der Waals surface area contributed by atoms with Gasteiger partial charge >= 0.3 is 0 Å². The number of benzene rings is 1.